The molecule has 0 saturated carbocycles. The van der Waals surface area contributed by atoms with Gasteiger partial charge in [0.15, 0.2) is 0 Å². The second-order valence-electron chi connectivity index (χ2n) is 2.17. The van der Waals surface area contributed by atoms with Crippen LogP contribution < -0.4 is 0 Å². The number of rotatable bonds is 5. The number of hydrogen-bond donors (Lipinski definition) is 1. The van der Waals surface area contributed by atoms with E-state index in [0.717, 1.165) is 12.6 Å². The van der Waals surface area contributed by atoms with Crippen molar-refractivity contribution in [2.75, 3.05) is 19.9 Å². The van der Waals surface area contributed by atoms with E-state index >= 15 is 0 Å². The van der Waals surface area contributed by atoms with E-state index < -0.39 is 0 Å². The summed E-state index contributed by atoms with van der Waals surface area (Å²) in [6, 6.07) is 0. The first-order valence-corrected chi connectivity index (χ1v) is 4.29. The van der Waals surface area contributed by atoms with Gasteiger partial charge in [-0.05, 0) is 18.5 Å². The van der Waals surface area contributed by atoms with Crippen LogP contribution in [0.15, 0.2) is 0 Å². The first-order chi connectivity index (χ1) is 4.31. The molecule has 0 radical (unpaired) electrons. The molecule has 0 fully saturated rings. The zero-order chi connectivity index (χ0) is 7.11. The smallest absolute Gasteiger partial charge is 0.0433 e. The summed E-state index contributed by atoms with van der Waals surface area (Å²) in [5, 5.41) is 8.50. The summed E-state index contributed by atoms with van der Waals surface area (Å²) in [6.07, 6.45) is 1.98. The van der Waals surface area contributed by atoms with Gasteiger partial charge in [-0.25, -0.2) is 0 Å². The predicted octanol–water partition coefficient (Wildman–Crippen LogP) is 1.24. The summed E-state index contributed by atoms with van der Waals surface area (Å²) in [7, 11) is 2.31. The Labute approximate surface area is 58.5 Å². The van der Waals surface area contributed by atoms with Gasteiger partial charge in [0.2, 0.25) is 0 Å². The van der Waals surface area contributed by atoms with Crippen molar-refractivity contribution in [3.63, 3.8) is 0 Å². The lowest BCUT2D eigenvalue weighted by molar-refractivity contribution is 0.268. The van der Waals surface area contributed by atoms with Crippen LogP contribution in [-0.4, -0.2) is 25.0 Å². The van der Waals surface area contributed by atoms with E-state index in [2.05, 4.69) is 6.92 Å². The molecule has 0 aromatic rings. The zero-order valence-electron chi connectivity index (χ0n) is 6.05. The van der Waals surface area contributed by atoms with E-state index in [1.54, 1.807) is 7.11 Å². The van der Waals surface area contributed by atoms with Crippen LogP contribution in [0.4, 0.5) is 0 Å². The van der Waals surface area contributed by atoms with Crippen molar-refractivity contribution in [1.82, 2.24) is 0 Å². The molecule has 0 aliphatic rings. The molecule has 2 atom stereocenters. The van der Waals surface area contributed by atoms with Crippen molar-refractivity contribution < 1.29 is 9.63 Å². The van der Waals surface area contributed by atoms with Crippen LogP contribution in [0.25, 0.3) is 0 Å². The largest absolute Gasteiger partial charge is 0.396 e. The lowest BCUT2D eigenvalue weighted by atomic mass is 10.1. The molecule has 56 valence electrons. The summed E-state index contributed by atoms with van der Waals surface area (Å²) in [4.78, 5) is 0. The Hall–Kier alpha value is 0.350. The molecule has 0 heterocycles. The van der Waals surface area contributed by atoms with E-state index in [1.807, 2.05) is 0 Å². The Bertz CT molecular complexity index is 59.0. The third-order valence-electron chi connectivity index (χ3n) is 1.20. The summed E-state index contributed by atoms with van der Waals surface area (Å²) >= 11 is 0. The highest BCUT2D eigenvalue weighted by Gasteiger charge is 1.98. The molecule has 9 heavy (non-hydrogen) atoms. The van der Waals surface area contributed by atoms with Crippen LogP contribution >= 0.6 is 8.81 Å². The summed E-state index contributed by atoms with van der Waals surface area (Å²) in [5.74, 6) is 0.605. The minimum absolute atomic E-state index is 0.301. The molecule has 1 unspecified atom stereocenters. The van der Waals surface area contributed by atoms with Crippen molar-refractivity contribution >= 4 is 8.81 Å². The van der Waals surface area contributed by atoms with Crippen molar-refractivity contribution in [2.24, 2.45) is 5.92 Å². The monoisotopic (exact) mass is 150 g/mol. The molecule has 0 aromatic heterocycles. The van der Waals surface area contributed by atoms with Crippen LogP contribution in [0, 0.1) is 5.92 Å². The van der Waals surface area contributed by atoms with E-state index in [0.29, 0.717) is 21.3 Å². The maximum Gasteiger partial charge on any atom is 0.0433 e. The fourth-order valence-electron chi connectivity index (χ4n) is 0.548. The Morgan fingerprint density at radius 3 is 2.78 bits per heavy atom. The van der Waals surface area contributed by atoms with Gasteiger partial charge < -0.3 is 9.63 Å². The van der Waals surface area contributed by atoms with E-state index in [-0.39, 0.29) is 0 Å². The summed E-state index contributed by atoms with van der Waals surface area (Å²) in [5.41, 5.74) is 0. The molecule has 2 nitrogen and oxygen atoms in total. The fraction of sp³-hybridized carbons (Fsp3) is 1.00. The first kappa shape index (κ1) is 9.35. The Kier molecular flexibility index (Phi) is 6.72. The maximum absolute atomic E-state index is 8.50. The molecule has 0 spiro atoms. The molecule has 0 amide bonds. The van der Waals surface area contributed by atoms with Crippen LogP contribution in [0.2, 0.25) is 0 Å². The standard InChI is InChI=1S/C6H15O2P/c1-6(3-4-7)5-9-8-2/h6-7,9H,3-5H2,1-2H3/t6-/m1/s1. The number of hydrogen-bond acceptors (Lipinski definition) is 2. The molecule has 0 aromatic carbocycles. The molecule has 0 aliphatic heterocycles. The first-order valence-electron chi connectivity index (χ1n) is 3.18. The van der Waals surface area contributed by atoms with Crippen LogP contribution in [-0.2, 0) is 4.52 Å². The van der Waals surface area contributed by atoms with Gasteiger partial charge in [-0.15, -0.1) is 0 Å². The van der Waals surface area contributed by atoms with Crippen molar-refractivity contribution in [1.29, 1.82) is 0 Å². The molecular weight excluding hydrogens is 135 g/mol. The topological polar surface area (TPSA) is 29.5 Å². The van der Waals surface area contributed by atoms with Gasteiger partial charge in [0.25, 0.3) is 0 Å². The van der Waals surface area contributed by atoms with E-state index in [4.69, 9.17) is 9.63 Å². The van der Waals surface area contributed by atoms with Gasteiger partial charge >= 0.3 is 0 Å². The highest BCUT2D eigenvalue weighted by Crippen LogP contribution is 2.16. The number of aliphatic hydroxyl groups excluding tert-OH is 1. The van der Waals surface area contributed by atoms with Crippen LogP contribution in [0.1, 0.15) is 13.3 Å². The molecule has 0 rings (SSSR count). The fourth-order valence-corrected chi connectivity index (χ4v) is 1.20. The van der Waals surface area contributed by atoms with E-state index in [1.165, 1.54) is 0 Å². The molecule has 0 saturated heterocycles. The highest BCUT2D eigenvalue weighted by molar-refractivity contribution is 7.32. The van der Waals surface area contributed by atoms with Crippen LogP contribution in [0.5, 0.6) is 0 Å². The molecule has 0 aliphatic carbocycles. The highest BCUT2D eigenvalue weighted by atomic mass is 31.1. The predicted molar refractivity (Wildman–Crippen MR) is 41.1 cm³/mol. The van der Waals surface area contributed by atoms with Gasteiger partial charge in [-0.3, -0.25) is 0 Å². The second kappa shape index (κ2) is 6.47. The maximum atomic E-state index is 8.50. The Morgan fingerprint density at radius 2 is 2.33 bits per heavy atom. The molecular formula is C6H15O2P. The third-order valence-corrected chi connectivity index (χ3v) is 2.35. The second-order valence-corrected chi connectivity index (χ2v) is 3.28. The van der Waals surface area contributed by atoms with Crippen molar-refractivity contribution in [3.05, 3.63) is 0 Å². The normalized spacial score (nSPS) is 15.0. The van der Waals surface area contributed by atoms with Gasteiger partial charge in [-0.1, -0.05) is 6.92 Å². The average Bonchev–Trinajstić information content (AvgIpc) is 1.85. The zero-order valence-corrected chi connectivity index (χ0v) is 7.05. The number of aliphatic hydroxyl groups is 1. The lowest BCUT2D eigenvalue weighted by Gasteiger charge is -2.06. The summed E-state index contributed by atoms with van der Waals surface area (Å²) < 4.78 is 4.90. The van der Waals surface area contributed by atoms with Gasteiger partial charge in [0.05, 0.1) is 0 Å². The average molecular weight is 150 g/mol. The summed E-state index contributed by atoms with van der Waals surface area (Å²) in [6.45, 7) is 2.43. The SMILES string of the molecule is COPC[C@H](C)CCO. The molecule has 0 bridgehead atoms. The van der Waals surface area contributed by atoms with E-state index in [9.17, 15) is 0 Å². The van der Waals surface area contributed by atoms with Crippen LogP contribution in [0.3, 0.4) is 0 Å². The third kappa shape index (κ3) is 6.23. The molecule has 1 N–H and O–H groups in total. The Balaban J connectivity index is 2.95. The Morgan fingerprint density at radius 1 is 1.67 bits per heavy atom. The van der Waals surface area contributed by atoms with Gasteiger partial charge in [-0.2, -0.15) is 0 Å². The minimum atomic E-state index is 0.301. The molecule has 3 heteroatoms. The quantitative estimate of drug-likeness (QED) is 0.597. The van der Waals surface area contributed by atoms with Gasteiger partial charge in [0, 0.05) is 22.5 Å². The minimum Gasteiger partial charge on any atom is -0.396 e. The lowest BCUT2D eigenvalue weighted by Crippen LogP contribution is -1.99. The van der Waals surface area contributed by atoms with Gasteiger partial charge in [0.1, 0.15) is 0 Å². The van der Waals surface area contributed by atoms with Crippen molar-refractivity contribution in [3.8, 4) is 0 Å². The van der Waals surface area contributed by atoms with Crippen molar-refractivity contribution in [2.45, 2.75) is 13.3 Å².